The summed E-state index contributed by atoms with van der Waals surface area (Å²) in [7, 11) is 0. The zero-order chi connectivity index (χ0) is 20.7. The average molecular weight is 402 g/mol. The lowest BCUT2D eigenvalue weighted by atomic mass is 10.1. The SMILES string of the molecule is Cc1nc2c(O[C@@H]3c4ccccc4C[C@H]3OC(=O)c3ccco3)cccn2c1C=O. The maximum Gasteiger partial charge on any atom is 0.374 e. The first kappa shape index (κ1) is 18.2. The van der Waals surface area contributed by atoms with Crippen molar-refractivity contribution < 1.29 is 23.5 Å². The number of fused-ring (bicyclic) bond motifs is 2. The highest BCUT2D eigenvalue weighted by atomic mass is 16.6. The summed E-state index contributed by atoms with van der Waals surface area (Å²) in [5.41, 5.74) is 3.64. The van der Waals surface area contributed by atoms with E-state index in [0.29, 0.717) is 29.2 Å². The summed E-state index contributed by atoms with van der Waals surface area (Å²) in [6.07, 6.45) is 3.47. The van der Waals surface area contributed by atoms with E-state index in [1.807, 2.05) is 24.3 Å². The van der Waals surface area contributed by atoms with Gasteiger partial charge >= 0.3 is 5.97 Å². The van der Waals surface area contributed by atoms with Crippen LogP contribution in [0.5, 0.6) is 5.75 Å². The Morgan fingerprint density at radius 3 is 2.87 bits per heavy atom. The van der Waals surface area contributed by atoms with E-state index in [1.165, 1.54) is 6.26 Å². The number of esters is 1. The van der Waals surface area contributed by atoms with E-state index in [4.69, 9.17) is 13.9 Å². The molecule has 1 aliphatic rings. The van der Waals surface area contributed by atoms with Crippen molar-refractivity contribution in [3.8, 4) is 5.75 Å². The number of imidazole rings is 1. The van der Waals surface area contributed by atoms with Gasteiger partial charge in [0, 0.05) is 12.6 Å². The van der Waals surface area contributed by atoms with Crippen LogP contribution in [0, 0.1) is 6.92 Å². The van der Waals surface area contributed by atoms with Crippen LogP contribution in [-0.4, -0.2) is 27.7 Å². The van der Waals surface area contributed by atoms with Crippen LogP contribution in [-0.2, 0) is 11.2 Å². The van der Waals surface area contributed by atoms with Crippen molar-refractivity contribution in [1.29, 1.82) is 0 Å². The number of hydrogen-bond donors (Lipinski definition) is 0. The minimum absolute atomic E-state index is 0.145. The second kappa shape index (κ2) is 7.18. The Hall–Kier alpha value is -3.87. The van der Waals surface area contributed by atoms with E-state index < -0.39 is 18.2 Å². The largest absolute Gasteiger partial charge is 0.478 e. The summed E-state index contributed by atoms with van der Waals surface area (Å²) in [5.74, 6) is 0.116. The highest BCUT2D eigenvalue weighted by Crippen LogP contribution is 2.38. The van der Waals surface area contributed by atoms with Gasteiger partial charge in [0.15, 0.2) is 23.8 Å². The molecule has 0 amide bonds. The summed E-state index contributed by atoms with van der Waals surface area (Å²) >= 11 is 0. The van der Waals surface area contributed by atoms with E-state index in [1.54, 1.807) is 41.8 Å². The monoisotopic (exact) mass is 402 g/mol. The fourth-order valence-corrected chi connectivity index (χ4v) is 3.90. The molecule has 3 heterocycles. The second-order valence-corrected chi connectivity index (χ2v) is 7.13. The van der Waals surface area contributed by atoms with Crippen molar-refractivity contribution in [2.45, 2.75) is 25.6 Å². The van der Waals surface area contributed by atoms with Crippen molar-refractivity contribution in [2.75, 3.05) is 0 Å². The first-order valence-corrected chi connectivity index (χ1v) is 9.57. The Morgan fingerprint density at radius 2 is 2.07 bits per heavy atom. The van der Waals surface area contributed by atoms with Gasteiger partial charge in [-0.2, -0.15) is 0 Å². The minimum Gasteiger partial charge on any atom is -0.478 e. The number of hydrogen-bond acceptors (Lipinski definition) is 6. The van der Waals surface area contributed by atoms with Gasteiger partial charge in [0.05, 0.1) is 12.0 Å². The molecular weight excluding hydrogens is 384 g/mol. The molecule has 30 heavy (non-hydrogen) atoms. The van der Waals surface area contributed by atoms with Crippen LogP contribution in [0.3, 0.4) is 0 Å². The van der Waals surface area contributed by atoms with Gasteiger partial charge in [-0.1, -0.05) is 24.3 Å². The molecular formula is C23H18N2O5. The first-order chi connectivity index (χ1) is 14.7. The average Bonchev–Trinajstić information content (AvgIpc) is 3.46. The quantitative estimate of drug-likeness (QED) is 0.371. The normalized spacial score (nSPS) is 17.6. The van der Waals surface area contributed by atoms with Gasteiger partial charge in [-0.15, -0.1) is 0 Å². The minimum atomic E-state index is -0.537. The number of rotatable bonds is 5. The molecule has 0 fully saturated rings. The topological polar surface area (TPSA) is 83.0 Å². The molecule has 0 aliphatic heterocycles. The van der Waals surface area contributed by atoms with Gasteiger partial charge in [-0.3, -0.25) is 9.20 Å². The predicted octanol–water partition coefficient (Wildman–Crippen LogP) is 3.95. The molecule has 5 rings (SSSR count). The predicted molar refractivity (Wildman–Crippen MR) is 107 cm³/mol. The molecule has 0 saturated carbocycles. The first-order valence-electron chi connectivity index (χ1n) is 9.57. The van der Waals surface area contributed by atoms with Crippen molar-refractivity contribution >= 4 is 17.9 Å². The Labute approximate surface area is 171 Å². The third-order valence-corrected chi connectivity index (χ3v) is 5.30. The Kier molecular flexibility index (Phi) is 4.35. The number of ether oxygens (including phenoxy) is 2. The van der Waals surface area contributed by atoms with Gasteiger partial charge in [0.25, 0.3) is 0 Å². The molecule has 1 aromatic carbocycles. The molecule has 0 N–H and O–H groups in total. The Balaban J connectivity index is 1.51. The fourth-order valence-electron chi connectivity index (χ4n) is 3.90. The molecule has 0 spiro atoms. The maximum atomic E-state index is 12.5. The third-order valence-electron chi connectivity index (χ3n) is 5.30. The number of carbonyl (C=O) groups excluding carboxylic acids is 2. The summed E-state index contributed by atoms with van der Waals surface area (Å²) in [5, 5.41) is 0. The van der Waals surface area contributed by atoms with E-state index >= 15 is 0 Å². The number of benzene rings is 1. The number of furan rings is 1. The zero-order valence-corrected chi connectivity index (χ0v) is 16.1. The Morgan fingerprint density at radius 1 is 1.20 bits per heavy atom. The van der Waals surface area contributed by atoms with Gasteiger partial charge < -0.3 is 13.9 Å². The van der Waals surface area contributed by atoms with E-state index in [0.717, 1.165) is 17.4 Å². The molecule has 0 radical (unpaired) electrons. The fraction of sp³-hybridized carbons (Fsp3) is 0.174. The van der Waals surface area contributed by atoms with Crippen LogP contribution >= 0.6 is 0 Å². The van der Waals surface area contributed by atoms with Gasteiger partial charge in [0.2, 0.25) is 5.76 Å². The number of nitrogens with zero attached hydrogens (tertiary/aromatic N) is 2. The number of aryl methyl sites for hydroxylation is 1. The van der Waals surface area contributed by atoms with Gasteiger partial charge in [-0.05, 0) is 42.3 Å². The number of carbonyl (C=O) groups is 2. The highest BCUT2D eigenvalue weighted by Gasteiger charge is 2.38. The highest BCUT2D eigenvalue weighted by molar-refractivity contribution is 5.86. The van der Waals surface area contributed by atoms with Crippen LogP contribution < -0.4 is 4.74 Å². The molecule has 7 heteroatoms. The molecule has 1 aliphatic carbocycles. The molecule has 3 aromatic heterocycles. The summed E-state index contributed by atoms with van der Waals surface area (Å²) < 4.78 is 19.0. The smallest absolute Gasteiger partial charge is 0.374 e. The molecule has 0 bridgehead atoms. The van der Waals surface area contributed by atoms with Crippen LogP contribution in [0.15, 0.2) is 65.4 Å². The maximum absolute atomic E-state index is 12.5. The van der Waals surface area contributed by atoms with Crippen molar-refractivity contribution in [2.24, 2.45) is 0 Å². The van der Waals surface area contributed by atoms with Crippen LogP contribution in [0.25, 0.3) is 5.65 Å². The van der Waals surface area contributed by atoms with Gasteiger partial charge in [0.1, 0.15) is 11.8 Å². The number of aldehydes is 1. The van der Waals surface area contributed by atoms with Crippen LogP contribution in [0.4, 0.5) is 0 Å². The summed E-state index contributed by atoms with van der Waals surface area (Å²) in [6, 6.07) is 14.6. The van der Waals surface area contributed by atoms with Crippen LogP contribution in [0.1, 0.15) is 44.0 Å². The van der Waals surface area contributed by atoms with Crippen LogP contribution in [0.2, 0.25) is 0 Å². The molecule has 7 nitrogen and oxygen atoms in total. The Bertz CT molecular complexity index is 1240. The van der Waals surface area contributed by atoms with E-state index in [-0.39, 0.29) is 5.76 Å². The van der Waals surface area contributed by atoms with E-state index in [9.17, 15) is 9.59 Å². The number of pyridine rings is 1. The molecule has 4 aromatic rings. The molecule has 150 valence electrons. The van der Waals surface area contributed by atoms with Gasteiger partial charge in [-0.25, -0.2) is 9.78 Å². The van der Waals surface area contributed by atoms with E-state index in [2.05, 4.69) is 4.98 Å². The van der Waals surface area contributed by atoms with Crippen molar-refractivity contribution in [3.05, 3.63) is 89.3 Å². The standard InChI is InChI=1S/C23H18N2O5/c1-14-17(13-26)25-10-4-8-18(22(25)24-14)29-21-16-7-3-2-6-15(16)12-20(21)30-23(27)19-9-5-11-28-19/h2-11,13,20-21H,12H2,1H3/t20-,21-/m1/s1. The lowest BCUT2D eigenvalue weighted by molar-refractivity contribution is -0.00554. The summed E-state index contributed by atoms with van der Waals surface area (Å²) in [6.45, 7) is 1.78. The second-order valence-electron chi connectivity index (χ2n) is 7.13. The molecule has 0 saturated heterocycles. The molecule has 2 atom stereocenters. The van der Waals surface area contributed by atoms with Crippen molar-refractivity contribution in [1.82, 2.24) is 9.38 Å². The third kappa shape index (κ3) is 2.95. The zero-order valence-electron chi connectivity index (χ0n) is 16.1. The number of aromatic nitrogens is 2. The molecule has 0 unspecified atom stereocenters. The lowest BCUT2D eigenvalue weighted by Gasteiger charge is -2.22. The van der Waals surface area contributed by atoms with Crippen molar-refractivity contribution in [3.63, 3.8) is 0 Å². The lowest BCUT2D eigenvalue weighted by Crippen LogP contribution is -2.26. The summed E-state index contributed by atoms with van der Waals surface area (Å²) in [4.78, 5) is 28.4.